The van der Waals surface area contributed by atoms with Crippen molar-refractivity contribution in [3.05, 3.63) is 42.0 Å². The fraction of sp³-hybridized carbons (Fsp3) is 0.500. The summed E-state index contributed by atoms with van der Waals surface area (Å²) in [4.78, 5) is 25.9. The first-order valence-corrected chi connectivity index (χ1v) is 16.6. The summed E-state index contributed by atoms with van der Waals surface area (Å²) in [7, 11) is -3.53. The first kappa shape index (κ1) is 28.9. The largest absolute Gasteiger partial charge is 0.476 e. The van der Waals surface area contributed by atoms with E-state index in [4.69, 9.17) is 14.2 Å². The van der Waals surface area contributed by atoms with Gasteiger partial charge in [0.25, 0.3) is 5.91 Å². The Balaban J connectivity index is 1.18. The predicted molar refractivity (Wildman–Crippen MR) is 159 cm³/mol. The zero-order valence-corrected chi connectivity index (χ0v) is 24.9. The highest BCUT2D eigenvalue weighted by Crippen LogP contribution is 2.27. The molecule has 3 aromatic rings. The summed E-state index contributed by atoms with van der Waals surface area (Å²) < 4.78 is 42.6. The lowest BCUT2D eigenvalue weighted by molar-refractivity contribution is -0.110. The maximum absolute atomic E-state index is 13.6. The highest BCUT2D eigenvalue weighted by Gasteiger charge is 2.31. The number of nitrogens with one attached hydrogen (secondary N) is 1. The zero-order valence-electron chi connectivity index (χ0n) is 23.2. The molecule has 0 spiro atoms. The minimum atomic E-state index is -3.53. The number of sulfone groups is 1. The third-order valence-corrected chi connectivity index (χ3v) is 10.6. The second-order valence-electron chi connectivity index (χ2n) is 10.4. The van der Waals surface area contributed by atoms with Gasteiger partial charge >= 0.3 is 0 Å². The first-order valence-electron chi connectivity index (χ1n) is 14.2. The minimum absolute atomic E-state index is 0.156. The molecule has 0 bridgehead atoms. The van der Waals surface area contributed by atoms with Gasteiger partial charge in [0.1, 0.15) is 17.0 Å². The Labute approximate surface area is 248 Å². The zero-order chi connectivity index (χ0) is 28.9. The monoisotopic (exact) mass is 614 g/mol. The Bertz CT molecular complexity index is 1530. The molecule has 3 aliphatic heterocycles. The van der Waals surface area contributed by atoms with E-state index >= 15 is 0 Å². The molecule has 224 valence electrons. The number of carbonyl (C=O) groups excluding carboxylic acids is 1. The maximum Gasteiger partial charge on any atom is 0.278 e. The Kier molecular flexibility index (Phi) is 8.95. The molecule has 1 atom stereocenters. The summed E-state index contributed by atoms with van der Waals surface area (Å²) in [5, 5.41) is 9.10. The second kappa shape index (κ2) is 13.0. The van der Waals surface area contributed by atoms with Crippen LogP contribution in [0.1, 0.15) is 24.8 Å². The Hall–Kier alpha value is -3.17. The molecule has 3 saturated heterocycles. The molecular formula is C28H34N6O6S2. The van der Waals surface area contributed by atoms with Crippen LogP contribution in [0.3, 0.4) is 0 Å². The topological polar surface area (TPSA) is 136 Å². The lowest BCUT2D eigenvalue weighted by Crippen LogP contribution is -2.35. The number of pyridine rings is 1. The Morgan fingerprint density at radius 3 is 2.55 bits per heavy atom. The van der Waals surface area contributed by atoms with E-state index in [0.29, 0.717) is 72.9 Å². The molecule has 12 nitrogen and oxygen atoms in total. The molecule has 0 saturated carbocycles. The molecule has 1 amide bonds. The quantitative estimate of drug-likeness (QED) is 0.339. The fourth-order valence-electron chi connectivity index (χ4n) is 5.16. The van der Waals surface area contributed by atoms with Crippen molar-refractivity contribution in [2.45, 2.75) is 29.4 Å². The van der Waals surface area contributed by atoms with Crippen LogP contribution in [0.25, 0.3) is 10.3 Å². The van der Waals surface area contributed by atoms with Gasteiger partial charge in [0.2, 0.25) is 5.88 Å². The summed E-state index contributed by atoms with van der Waals surface area (Å²) in [6, 6.07) is 9.91. The molecule has 3 aliphatic rings. The number of ether oxygens (including phenoxy) is 3. The van der Waals surface area contributed by atoms with Crippen molar-refractivity contribution in [1.82, 2.24) is 19.9 Å². The molecule has 0 unspecified atom stereocenters. The molecule has 42 heavy (non-hydrogen) atoms. The number of anilines is 1. The molecule has 5 heterocycles. The number of morpholine rings is 1. The number of fused-ring (bicyclic) bond motifs is 1. The van der Waals surface area contributed by atoms with Crippen LogP contribution < -0.4 is 10.1 Å². The summed E-state index contributed by atoms with van der Waals surface area (Å²) in [5.74, 6) is 0.0689. The van der Waals surface area contributed by atoms with Crippen molar-refractivity contribution in [3.8, 4) is 5.88 Å². The molecule has 3 fully saturated rings. The predicted octanol–water partition coefficient (Wildman–Crippen LogP) is 2.40. The summed E-state index contributed by atoms with van der Waals surface area (Å²) in [6.45, 7) is 6.39. The number of amides is 1. The summed E-state index contributed by atoms with van der Waals surface area (Å²) in [5.41, 5.74) is 1.30. The molecule has 1 N–H and O–H groups in total. The van der Waals surface area contributed by atoms with Crippen LogP contribution in [0.15, 0.2) is 46.4 Å². The van der Waals surface area contributed by atoms with E-state index in [-0.39, 0.29) is 17.2 Å². The lowest BCUT2D eigenvalue weighted by Gasteiger charge is -2.25. The van der Waals surface area contributed by atoms with E-state index < -0.39 is 21.0 Å². The summed E-state index contributed by atoms with van der Waals surface area (Å²) in [6.07, 6.45) is 2.95. The third kappa shape index (κ3) is 6.73. The first-order chi connectivity index (χ1) is 20.5. The minimum Gasteiger partial charge on any atom is -0.476 e. The summed E-state index contributed by atoms with van der Waals surface area (Å²) >= 11 is 1.25. The third-order valence-electron chi connectivity index (χ3n) is 7.53. The number of likely N-dealkylation sites (tertiary alicyclic amines) is 1. The molecular weight excluding hydrogens is 580 g/mol. The lowest BCUT2D eigenvalue weighted by atomic mass is 10.1. The Morgan fingerprint density at radius 2 is 1.81 bits per heavy atom. The fourth-order valence-corrected chi connectivity index (χ4v) is 7.56. The number of hydrazone groups is 1. The molecule has 6 rings (SSSR count). The van der Waals surface area contributed by atoms with E-state index in [2.05, 4.69) is 25.3 Å². The van der Waals surface area contributed by atoms with Gasteiger partial charge in [-0.15, -0.1) is 0 Å². The van der Waals surface area contributed by atoms with Crippen molar-refractivity contribution >= 4 is 48.3 Å². The van der Waals surface area contributed by atoms with Crippen LogP contribution in [-0.2, 0) is 24.1 Å². The van der Waals surface area contributed by atoms with Gasteiger partial charge in [-0.2, -0.15) is 5.10 Å². The van der Waals surface area contributed by atoms with Crippen molar-refractivity contribution in [1.29, 1.82) is 0 Å². The average Bonchev–Trinajstić information content (AvgIpc) is 3.79. The number of thiazole rings is 1. The van der Waals surface area contributed by atoms with E-state index in [9.17, 15) is 13.2 Å². The normalized spacial score (nSPS) is 20.3. The van der Waals surface area contributed by atoms with Gasteiger partial charge in [0, 0.05) is 24.8 Å². The molecule has 0 aliphatic carbocycles. The van der Waals surface area contributed by atoms with Crippen LogP contribution in [0.2, 0.25) is 0 Å². The van der Waals surface area contributed by atoms with Gasteiger partial charge in [-0.3, -0.25) is 20.0 Å². The number of aromatic nitrogens is 2. The number of nitrogens with zero attached hydrogens (tertiary/aromatic N) is 5. The van der Waals surface area contributed by atoms with Crippen LogP contribution in [0.5, 0.6) is 5.88 Å². The number of hydrogen-bond donors (Lipinski definition) is 1. The van der Waals surface area contributed by atoms with Gasteiger partial charge in [-0.05, 0) is 50.6 Å². The van der Waals surface area contributed by atoms with Gasteiger partial charge in [-0.1, -0.05) is 23.5 Å². The van der Waals surface area contributed by atoms with E-state index in [0.717, 1.165) is 19.6 Å². The molecule has 1 aromatic carbocycles. The van der Waals surface area contributed by atoms with Crippen LogP contribution in [0, 0.1) is 0 Å². The number of carbonyl (C=O) groups is 1. The van der Waals surface area contributed by atoms with Gasteiger partial charge in [0.05, 0.1) is 43.1 Å². The molecule has 14 heteroatoms. The van der Waals surface area contributed by atoms with Gasteiger partial charge in [-0.25, -0.2) is 18.4 Å². The van der Waals surface area contributed by atoms with Crippen molar-refractivity contribution in [2.75, 3.05) is 71.1 Å². The standard InChI is InChI=1S/C28H34N6O6S2/c35-26(31-28-29-23-7-8-24(30-27(23)41-28)40-18-12-33-10-1-2-11-33)25(32-34-13-16-38-17-14-34)20-3-5-21(6-4-20)42(36,37)22-9-15-39-19-22/h3-8,22H,1-2,9-19H2,(H,29,31,35)/b32-25+/t22-/m0/s1. The van der Waals surface area contributed by atoms with Gasteiger partial charge < -0.3 is 14.2 Å². The molecule has 0 radical (unpaired) electrons. The Morgan fingerprint density at radius 1 is 1.02 bits per heavy atom. The van der Waals surface area contributed by atoms with Crippen LogP contribution in [-0.4, -0.2) is 111 Å². The van der Waals surface area contributed by atoms with E-state index in [1.165, 1.54) is 36.3 Å². The van der Waals surface area contributed by atoms with Gasteiger partial charge in [0.15, 0.2) is 20.7 Å². The second-order valence-corrected chi connectivity index (χ2v) is 13.6. The van der Waals surface area contributed by atoms with Crippen LogP contribution in [0.4, 0.5) is 5.13 Å². The highest BCUT2D eigenvalue weighted by atomic mass is 32.2. The van der Waals surface area contributed by atoms with Crippen molar-refractivity contribution in [2.24, 2.45) is 5.10 Å². The maximum atomic E-state index is 13.6. The van der Waals surface area contributed by atoms with Crippen molar-refractivity contribution in [3.63, 3.8) is 0 Å². The molecule has 2 aromatic heterocycles. The van der Waals surface area contributed by atoms with E-state index in [1.54, 1.807) is 23.2 Å². The highest BCUT2D eigenvalue weighted by molar-refractivity contribution is 7.92. The SMILES string of the molecule is O=C(Nc1nc2ccc(OCCN3CCCC3)nc2s1)/C(=N/N1CCOCC1)c1ccc(S(=O)(=O)[C@H]2CCOC2)cc1. The average molecular weight is 615 g/mol. The van der Waals surface area contributed by atoms with Crippen molar-refractivity contribution < 1.29 is 27.4 Å². The number of hydrogen-bond acceptors (Lipinski definition) is 12. The number of rotatable bonds is 10. The smallest absolute Gasteiger partial charge is 0.278 e. The van der Waals surface area contributed by atoms with E-state index in [1.807, 2.05) is 6.07 Å². The van der Waals surface area contributed by atoms with Crippen LogP contribution >= 0.6 is 11.3 Å². The number of benzene rings is 1.